The highest BCUT2D eigenvalue weighted by molar-refractivity contribution is 5.95. The predicted molar refractivity (Wildman–Crippen MR) is 62.5 cm³/mol. The van der Waals surface area contributed by atoms with Gasteiger partial charge in [-0.3, -0.25) is 0 Å². The van der Waals surface area contributed by atoms with Gasteiger partial charge in [-0.2, -0.15) is 0 Å². The molecule has 0 radical (unpaired) electrons. The Labute approximate surface area is 101 Å². The van der Waals surface area contributed by atoms with E-state index >= 15 is 0 Å². The molecule has 0 aliphatic carbocycles. The molecule has 1 rings (SSSR count). The van der Waals surface area contributed by atoms with Gasteiger partial charge in [-0.15, -0.1) is 10.2 Å². The quantitative estimate of drug-likeness (QED) is 0.197. The summed E-state index contributed by atoms with van der Waals surface area (Å²) in [6, 6.07) is 0. The average Bonchev–Trinajstić information content (AvgIpc) is 2.70. The van der Waals surface area contributed by atoms with Crippen LogP contribution < -0.4 is 17.2 Å². The van der Waals surface area contributed by atoms with Crippen LogP contribution in [-0.2, 0) is 6.54 Å². The zero-order valence-corrected chi connectivity index (χ0v) is 9.22. The van der Waals surface area contributed by atoms with Crippen LogP contribution in [0.4, 0.5) is 5.82 Å². The molecule has 0 aliphatic rings. The lowest BCUT2D eigenvalue weighted by Gasteiger charge is -2.01. The van der Waals surface area contributed by atoms with Crippen molar-refractivity contribution in [3.05, 3.63) is 22.1 Å². The topological polar surface area (TPSA) is 184 Å². The second kappa shape index (κ2) is 5.58. The minimum absolute atomic E-state index is 0.000694. The van der Waals surface area contributed by atoms with Crippen LogP contribution in [0, 0.1) is 10.1 Å². The number of aliphatic hydroxyl groups is 1. The van der Waals surface area contributed by atoms with E-state index in [4.69, 9.17) is 22.3 Å². The second-order valence-electron chi connectivity index (χ2n) is 3.08. The number of aromatic nitrogens is 2. The molecule has 0 aliphatic heterocycles. The van der Waals surface area contributed by atoms with Crippen LogP contribution in [0.3, 0.4) is 0 Å². The van der Waals surface area contributed by atoms with Gasteiger partial charge >= 0.3 is 5.82 Å². The van der Waals surface area contributed by atoms with Crippen molar-refractivity contribution in [2.75, 3.05) is 6.61 Å². The minimum Gasteiger partial charge on any atom is -0.392 e. The van der Waals surface area contributed by atoms with Crippen molar-refractivity contribution in [2.24, 2.45) is 27.4 Å². The molecular formula is C7H12N8O3. The first-order chi connectivity index (χ1) is 8.47. The number of hydrogen-bond acceptors (Lipinski definition) is 6. The SMILES string of the molecule is NC(N)=NN=C(N)c1ncc([N+](=O)[O-])n1CCO. The van der Waals surface area contributed by atoms with Gasteiger partial charge in [-0.25, -0.2) is 9.55 Å². The van der Waals surface area contributed by atoms with E-state index in [1.165, 1.54) is 0 Å². The average molecular weight is 256 g/mol. The van der Waals surface area contributed by atoms with Gasteiger partial charge in [-0.05, 0) is 4.92 Å². The number of nitrogens with zero attached hydrogens (tertiary/aromatic N) is 5. The van der Waals surface area contributed by atoms with Crippen LogP contribution in [-0.4, -0.2) is 38.0 Å². The van der Waals surface area contributed by atoms with Gasteiger partial charge in [0.1, 0.15) is 12.7 Å². The fraction of sp³-hybridized carbons (Fsp3) is 0.286. The Morgan fingerprint density at radius 2 is 2.17 bits per heavy atom. The molecule has 0 atom stereocenters. The van der Waals surface area contributed by atoms with E-state index in [0.29, 0.717) is 0 Å². The Morgan fingerprint density at radius 3 is 2.67 bits per heavy atom. The first-order valence-electron chi connectivity index (χ1n) is 4.70. The van der Waals surface area contributed by atoms with Gasteiger partial charge in [0.25, 0.3) is 5.82 Å². The van der Waals surface area contributed by atoms with Crippen molar-refractivity contribution in [1.82, 2.24) is 9.55 Å². The van der Waals surface area contributed by atoms with E-state index in [1.807, 2.05) is 0 Å². The van der Waals surface area contributed by atoms with E-state index in [9.17, 15) is 10.1 Å². The van der Waals surface area contributed by atoms with Crippen LogP contribution in [0.1, 0.15) is 5.82 Å². The first-order valence-corrected chi connectivity index (χ1v) is 4.70. The van der Waals surface area contributed by atoms with Gasteiger partial charge in [-0.1, -0.05) is 0 Å². The van der Waals surface area contributed by atoms with Crippen molar-refractivity contribution >= 4 is 17.6 Å². The second-order valence-corrected chi connectivity index (χ2v) is 3.08. The van der Waals surface area contributed by atoms with Crippen molar-refractivity contribution in [3.63, 3.8) is 0 Å². The van der Waals surface area contributed by atoms with Crippen molar-refractivity contribution < 1.29 is 10.0 Å². The minimum atomic E-state index is -0.653. The Morgan fingerprint density at radius 1 is 1.50 bits per heavy atom. The van der Waals surface area contributed by atoms with Crippen LogP contribution in [0.25, 0.3) is 0 Å². The van der Waals surface area contributed by atoms with Gasteiger partial charge in [0.05, 0.1) is 6.61 Å². The molecule has 0 unspecified atom stereocenters. The van der Waals surface area contributed by atoms with E-state index in [-0.39, 0.29) is 36.6 Å². The molecule has 98 valence electrons. The number of imidazole rings is 1. The van der Waals surface area contributed by atoms with Crippen LogP contribution in [0.2, 0.25) is 0 Å². The molecule has 0 saturated carbocycles. The maximum Gasteiger partial charge on any atom is 0.343 e. The lowest BCUT2D eigenvalue weighted by molar-refractivity contribution is -0.392. The maximum absolute atomic E-state index is 10.7. The highest BCUT2D eigenvalue weighted by Crippen LogP contribution is 2.13. The number of amidine groups is 1. The summed E-state index contributed by atoms with van der Waals surface area (Å²) >= 11 is 0. The summed E-state index contributed by atoms with van der Waals surface area (Å²) in [6.45, 7) is -0.372. The predicted octanol–water partition coefficient (Wildman–Crippen LogP) is -2.32. The monoisotopic (exact) mass is 256 g/mol. The number of hydrogen-bond donors (Lipinski definition) is 4. The normalized spacial score (nSPS) is 11.3. The molecule has 1 aromatic rings. The van der Waals surface area contributed by atoms with Gasteiger partial charge in [0.2, 0.25) is 11.8 Å². The molecular weight excluding hydrogens is 244 g/mol. The Hall–Kier alpha value is -2.69. The number of nitrogens with two attached hydrogens (primary N) is 3. The van der Waals surface area contributed by atoms with E-state index < -0.39 is 4.92 Å². The standard InChI is InChI=1S/C7H12N8O3/c8-5(12-13-7(9)10)6-11-3-4(15(17)18)14(6)1-2-16/h3,16H,1-2H2,(H2,8,12)(H4,9,10,13). The smallest absolute Gasteiger partial charge is 0.343 e. The number of nitro groups is 1. The molecule has 1 heterocycles. The van der Waals surface area contributed by atoms with Crippen LogP contribution in [0.5, 0.6) is 0 Å². The van der Waals surface area contributed by atoms with Crippen molar-refractivity contribution in [2.45, 2.75) is 6.54 Å². The third-order valence-electron chi connectivity index (χ3n) is 1.85. The Balaban J connectivity index is 3.20. The molecule has 11 nitrogen and oxygen atoms in total. The fourth-order valence-corrected chi connectivity index (χ4v) is 1.19. The molecule has 0 amide bonds. The summed E-state index contributed by atoms with van der Waals surface area (Å²) in [5.74, 6) is -0.833. The van der Waals surface area contributed by atoms with E-state index in [1.54, 1.807) is 0 Å². The molecule has 0 bridgehead atoms. The molecule has 0 spiro atoms. The lowest BCUT2D eigenvalue weighted by atomic mass is 10.5. The first kappa shape index (κ1) is 13.4. The number of aliphatic hydroxyl groups excluding tert-OH is 1. The summed E-state index contributed by atoms with van der Waals surface area (Å²) in [5, 5.41) is 26.3. The number of rotatable bonds is 5. The summed E-state index contributed by atoms with van der Waals surface area (Å²) in [5.41, 5.74) is 15.6. The summed E-state index contributed by atoms with van der Waals surface area (Å²) in [4.78, 5) is 13.8. The Kier molecular flexibility index (Phi) is 4.15. The summed E-state index contributed by atoms with van der Waals surface area (Å²) < 4.78 is 1.10. The third-order valence-corrected chi connectivity index (χ3v) is 1.85. The van der Waals surface area contributed by atoms with E-state index in [0.717, 1.165) is 10.8 Å². The molecule has 11 heteroatoms. The number of guanidine groups is 1. The molecule has 0 fully saturated rings. The van der Waals surface area contributed by atoms with Crippen LogP contribution in [0.15, 0.2) is 16.4 Å². The molecule has 7 N–H and O–H groups in total. The molecule has 1 aromatic heterocycles. The zero-order chi connectivity index (χ0) is 13.7. The van der Waals surface area contributed by atoms with Gasteiger partial charge < -0.3 is 32.4 Å². The summed E-state index contributed by atoms with van der Waals surface area (Å²) in [7, 11) is 0. The lowest BCUT2D eigenvalue weighted by Crippen LogP contribution is -2.24. The van der Waals surface area contributed by atoms with E-state index in [2.05, 4.69) is 15.2 Å². The highest BCUT2D eigenvalue weighted by Gasteiger charge is 2.22. The van der Waals surface area contributed by atoms with Gasteiger partial charge in [0.15, 0.2) is 0 Å². The van der Waals surface area contributed by atoms with Crippen molar-refractivity contribution in [1.29, 1.82) is 0 Å². The molecule has 0 aromatic carbocycles. The largest absolute Gasteiger partial charge is 0.392 e. The highest BCUT2D eigenvalue weighted by atomic mass is 16.6. The summed E-state index contributed by atoms with van der Waals surface area (Å²) in [6.07, 6.45) is 1.00. The van der Waals surface area contributed by atoms with Crippen molar-refractivity contribution in [3.8, 4) is 0 Å². The van der Waals surface area contributed by atoms with Gasteiger partial charge in [0, 0.05) is 0 Å². The zero-order valence-electron chi connectivity index (χ0n) is 9.22. The third kappa shape index (κ3) is 2.91. The van der Waals surface area contributed by atoms with Crippen LogP contribution >= 0.6 is 0 Å². The Bertz CT molecular complexity index is 501. The fourth-order valence-electron chi connectivity index (χ4n) is 1.19. The maximum atomic E-state index is 10.7. The molecule has 0 saturated heterocycles. The molecule has 18 heavy (non-hydrogen) atoms.